The van der Waals surface area contributed by atoms with Crippen LogP contribution in [0.25, 0.3) is 39.0 Å². The highest BCUT2D eigenvalue weighted by atomic mass is 19.1. The number of rotatable bonds is 7. The molecule has 1 spiro atoms. The quantitative estimate of drug-likeness (QED) is 0.139. The average Bonchev–Trinajstić information content (AvgIpc) is 3.87. The van der Waals surface area contributed by atoms with Gasteiger partial charge in [-0.05, 0) is 55.8 Å². The van der Waals surface area contributed by atoms with Gasteiger partial charge in [-0.3, -0.25) is 19.7 Å². The van der Waals surface area contributed by atoms with Crippen LogP contribution >= 0.6 is 0 Å². The lowest BCUT2D eigenvalue weighted by molar-refractivity contribution is -0.142. The van der Waals surface area contributed by atoms with E-state index in [1.165, 1.54) is 0 Å². The SMILES string of the molecule is C#Cc1cccc2cccc(-c3ncc4c(N5CCC6(CCN6C(=O)/C(F)=C/c6ccccn6)C5)nc(OC[C@@]56CCCN5CC(F)C6)nc4c3F)c12. The molecular weight excluding hydrogens is 679 g/mol. The van der Waals surface area contributed by atoms with Crippen molar-refractivity contribution >= 4 is 39.5 Å². The highest BCUT2D eigenvalue weighted by Crippen LogP contribution is 2.44. The summed E-state index contributed by atoms with van der Waals surface area (Å²) < 4.78 is 53.2. The summed E-state index contributed by atoms with van der Waals surface area (Å²) in [5.41, 5.74) is 0.509. The Kier molecular flexibility index (Phi) is 8.07. The number of amides is 1. The fraction of sp³-hybridized carbons (Fsp3) is 0.341. The molecule has 1 amide bonds. The number of alkyl halides is 1. The Balaban J connectivity index is 1.09. The van der Waals surface area contributed by atoms with E-state index in [0.717, 1.165) is 30.8 Å². The zero-order valence-corrected chi connectivity index (χ0v) is 28.9. The summed E-state index contributed by atoms with van der Waals surface area (Å²) in [7, 11) is 0. The number of ether oxygens (including phenoxy) is 1. The zero-order valence-electron chi connectivity index (χ0n) is 28.9. The van der Waals surface area contributed by atoms with Gasteiger partial charge in [0.15, 0.2) is 11.6 Å². The second-order valence-corrected chi connectivity index (χ2v) is 14.6. The van der Waals surface area contributed by atoms with Crippen molar-refractivity contribution in [3.63, 3.8) is 0 Å². The molecule has 53 heavy (non-hydrogen) atoms. The lowest BCUT2D eigenvalue weighted by atomic mass is 9.83. The normalized spacial score (nSPS) is 24.2. The molecule has 0 bridgehead atoms. The van der Waals surface area contributed by atoms with E-state index < -0.39 is 34.8 Å². The highest BCUT2D eigenvalue weighted by molar-refractivity contribution is 6.02. The van der Waals surface area contributed by atoms with Crippen LogP contribution in [-0.2, 0) is 4.79 Å². The Hall–Kier alpha value is -5.54. The molecule has 0 N–H and O–H groups in total. The minimum atomic E-state index is -0.941. The van der Waals surface area contributed by atoms with Gasteiger partial charge >= 0.3 is 6.01 Å². The third-order valence-electron chi connectivity index (χ3n) is 11.6. The predicted molar refractivity (Wildman–Crippen MR) is 196 cm³/mol. The van der Waals surface area contributed by atoms with Gasteiger partial charge in [-0.2, -0.15) is 9.97 Å². The zero-order chi connectivity index (χ0) is 36.3. The van der Waals surface area contributed by atoms with E-state index >= 15 is 8.78 Å². The van der Waals surface area contributed by atoms with E-state index in [1.807, 2.05) is 35.2 Å². The second-order valence-electron chi connectivity index (χ2n) is 14.6. The van der Waals surface area contributed by atoms with Gasteiger partial charge in [-0.15, -0.1) is 6.42 Å². The molecule has 4 saturated heterocycles. The van der Waals surface area contributed by atoms with E-state index in [-0.39, 0.29) is 23.8 Å². The maximum atomic E-state index is 17.0. The van der Waals surface area contributed by atoms with E-state index in [0.29, 0.717) is 78.9 Å². The number of hydrogen-bond acceptors (Lipinski definition) is 8. The van der Waals surface area contributed by atoms with Crippen LogP contribution in [0.1, 0.15) is 43.4 Å². The van der Waals surface area contributed by atoms with Crippen LogP contribution in [0.5, 0.6) is 6.01 Å². The van der Waals surface area contributed by atoms with Crippen molar-refractivity contribution in [1.29, 1.82) is 0 Å². The van der Waals surface area contributed by atoms with Gasteiger partial charge in [0.25, 0.3) is 5.91 Å². The van der Waals surface area contributed by atoms with E-state index in [4.69, 9.17) is 16.1 Å². The van der Waals surface area contributed by atoms with Crippen molar-refractivity contribution in [3.8, 4) is 29.6 Å². The Labute approximate surface area is 304 Å². The summed E-state index contributed by atoms with van der Waals surface area (Å²) in [6.07, 6.45) is 12.5. The number of pyridine rings is 2. The van der Waals surface area contributed by atoms with Gasteiger partial charge < -0.3 is 14.5 Å². The van der Waals surface area contributed by atoms with Gasteiger partial charge in [0.05, 0.1) is 22.2 Å². The molecule has 5 aromatic rings. The number of benzene rings is 2. The van der Waals surface area contributed by atoms with Gasteiger partial charge in [-0.1, -0.05) is 42.3 Å². The highest BCUT2D eigenvalue weighted by Gasteiger charge is 2.53. The number of fused-ring (bicyclic) bond motifs is 3. The number of likely N-dealkylation sites (tertiary alicyclic amines) is 1. The summed E-state index contributed by atoms with van der Waals surface area (Å²) in [4.78, 5) is 37.3. The molecule has 12 heteroatoms. The second kappa shape index (κ2) is 12.8. The molecule has 7 heterocycles. The summed E-state index contributed by atoms with van der Waals surface area (Å²) in [6, 6.07) is 16.2. The summed E-state index contributed by atoms with van der Waals surface area (Å²) in [5, 5.41) is 1.93. The molecule has 9 nitrogen and oxygen atoms in total. The van der Waals surface area contributed by atoms with Crippen molar-refractivity contribution in [2.75, 3.05) is 44.2 Å². The third-order valence-corrected chi connectivity index (χ3v) is 11.6. The molecule has 0 radical (unpaired) electrons. The van der Waals surface area contributed by atoms with E-state index in [1.54, 1.807) is 41.6 Å². The minimum Gasteiger partial charge on any atom is -0.461 e. The molecule has 4 aliphatic heterocycles. The first-order chi connectivity index (χ1) is 25.8. The lowest BCUT2D eigenvalue weighted by Gasteiger charge is -2.50. The topological polar surface area (TPSA) is 87.6 Å². The minimum absolute atomic E-state index is 0.0209. The monoisotopic (exact) mass is 715 g/mol. The molecule has 4 fully saturated rings. The number of carbonyl (C=O) groups is 1. The van der Waals surface area contributed by atoms with E-state index in [2.05, 4.69) is 25.8 Å². The van der Waals surface area contributed by atoms with Crippen LogP contribution < -0.4 is 9.64 Å². The maximum Gasteiger partial charge on any atom is 0.319 e. The fourth-order valence-corrected chi connectivity index (χ4v) is 8.92. The Morgan fingerprint density at radius 2 is 1.89 bits per heavy atom. The standard InChI is InChI=1S/C41H36F3N7O2/c1-2-26-8-5-9-27-10-6-12-30(33(26)27)35-34(44)36-31(22-46-35)37(48-39(47-36)53-25-41-13-7-17-50(41)23-28(42)21-41)49-18-14-40(24-49)15-19-51(40)38(52)32(43)20-29-11-3-4-16-45-29/h1,3-6,8-12,16,20,22,28H,7,13-15,17-19,21,23-25H2/b32-20-/t28?,40?,41-/m0/s1. The molecule has 0 aliphatic carbocycles. The number of terminal acetylenes is 1. The number of nitrogens with zero attached hydrogens (tertiary/aromatic N) is 7. The number of carbonyl (C=O) groups excluding carboxylic acids is 1. The van der Waals surface area contributed by atoms with Gasteiger partial charge in [0, 0.05) is 67.6 Å². The van der Waals surface area contributed by atoms with Crippen molar-refractivity contribution in [2.24, 2.45) is 0 Å². The largest absolute Gasteiger partial charge is 0.461 e. The molecule has 4 aliphatic rings. The molecule has 268 valence electrons. The summed E-state index contributed by atoms with van der Waals surface area (Å²) in [5.74, 6) is 0.888. The molecule has 3 atom stereocenters. The fourth-order valence-electron chi connectivity index (χ4n) is 8.92. The van der Waals surface area contributed by atoms with Gasteiger partial charge in [0.2, 0.25) is 0 Å². The average molecular weight is 716 g/mol. The Bertz CT molecular complexity index is 2340. The van der Waals surface area contributed by atoms with Crippen molar-refractivity contribution in [3.05, 3.63) is 89.9 Å². The van der Waals surface area contributed by atoms with Crippen molar-refractivity contribution < 1.29 is 22.7 Å². The van der Waals surface area contributed by atoms with E-state index in [9.17, 15) is 9.18 Å². The summed E-state index contributed by atoms with van der Waals surface area (Å²) >= 11 is 0. The van der Waals surface area contributed by atoms with Crippen LogP contribution in [0.4, 0.5) is 19.0 Å². The van der Waals surface area contributed by atoms with Crippen molar-refractivity contribution in [1.82, 2.24) is 29.7 Å². The molecule has 2 aromatic carbocycles. The van der Waals surface area contributed by atoms with Crippen LogP contribution in [0.2, 0.25) is 0 Å². The Morgan fingerprint density at radius 3 is 2.68 bits per heavy atom. The first-order valence-corrected chi connectivity index (χ1v) is 18.0. The predicted octanol–water partition coefficient (Wildman–Crippen LogP) is 6.51. The summed E-state index contributed by atoms with van der Waals surface area (Å²) in [6.45, 7) is 2.56. The van der Waals surface area contributed by atoms with Crippen LogP contribution in [-0.4, -0.2) is 92.2 Å². The number of halogens is 3. The van der Waals surface area contributed by atoms with Gasteiger partial charge in [0.1, 0.15) is 29.8 Å². The molecular formula is C41H36F3N7O2. The smallest absolute Gasteiger partial charge is 0.319 e. The molecule has 2 unspecified atom stereocenters. The number of hydrogen-bond donors (Lipinski definition) is 0. The van der Waals surface area contributed by atoms with Gasteiger partial charge in [-0.25, -0.2) is 13.2 Å². The van der Waals surface area contributed by atoms with Crippen molar-refractivity contribution in [2.45, 2.75) is 49.4 Å². The Morgan fingerprint density at radius 1 is 1.04 bits per heavy atom. The number of aromatic nitrogens is 4. The molecule has 3 aromatic heterocycles. The van der Waals surface area contributed by atoms with Crippen LogP contribution in [0.3, 0.4) is 0 Å². The lowest BCUT2D eigenvalue weighted by Crippen LogP contribution is -2.63. The first kappa shape index (κ1) is 33.3. The molecule has 9 rings (SSSR count). The third kappa shape index (κ3) is 5.57. The van der Waals surface area contributed by atoms with Crippen LogP contribution in [0.15, 0.2) is 72.8 Å². The first-order valence-electron chi connectivity index (χ1n) is 18.0. The van der Waals surface area contributed by atoms with Crippen LogP contribution in [0, 0.1) is 18.2 Å². The maximum absolute atomic E-state index is 17.0. The number of anilines is 1. The molecule has 0 saturated carbocycles.